The molecule has 0 amide bonds. The highest BCUT2D eigenvalue weighted by atomic mass is 16.6. The minimum absolute atomic E-state index is 0.00243. The van der Waals surface area contributed by atoms with Crippen LogP contribution in [0.5, 0.6) is 0 Å². The Balaban J connectivity index is 1.54. The van der Waals surface area contributed by atoms with Crippen molar-refractivity contribution < 1.29 is 48.3 Å². The van der Waals surface area contributed by atoms with Gasteiger partial charge in [-0.2, -0.15) is 0 Å². The number of hydrogen-bond acceptors (Lipinski definition) is 10. The van der Waals surface area contributed by atoms with Crippen LogP contribution >= 0.6 is 0 Å². The smallest absolute Gasteiger partial charge is 0.335 e. The fourth-order valence-corrected chi connectivity index (χ4v) is 6.66. The van der Waals surface area contributed by atoms with Gasteiger partial charge in [-0.25, -0.2) is 14.4 Å². The van der Waals surface area contributed by atoms with Gasteiger partial charge < -0.3 is 33.9 Å². The number of allylic oxidation sites excluding steroid dienone is 2. The average Bonchev–Trinajstić information content (AvgIpc) is 3.63. The molecule has 2 N–H and O–H groups in total. The number of aliphatic hydroxyl groups excluding tert-OH is 2. The maximum atomic E-state index is 13.0. The van der Waals surface area contributed by atoms with Crippen molar-refractivity contribution in [1.82, 2.24) is 0 Å². The summed E-state index contributed by atoms with van der Waals surface area (Å²) in [4.78, 5) is 37.6. The van der Waals surface area contributed by atoms with E-state index in [2.05, 4.69) is 0 Å². The van der Waals surface area contributed by atoms with Gasteiger partial charge in [-0.05, 0) is 31.3 Å². The van der Waals surface area contributed by atoms with Gasteiger partial charge in [0.05, 0.1) is 36.9 Å². The highest BCUT2D eigenvalue weighted by molar-refractivity contribution is 5.84. The molecular weight excluding hydrogens is 484 g/mol. The van der Waals surface area contributed by atoms with Gasteiger partial charge >= 0.3 is 17.9 Å². The van der Waals surface area contributed by atoms with Crippen LogP contribution in [-0.4, -0.2) is 84.1 Å². The van der Waals surface area contributed by atoms with Crippen LogP contribution in [0.1, 0.15) is 40.0 Å². The molecule has 2 spiro atoms. The molecule has 3 heterocycles. The Labute approximate surface area is 215 Å². The van der Waals surface area contributed by atoms with Gasteiger partial charge in [0.2, 0.25) is 0 Å². The molecule has 202 valence electrons. The molecule has 0 aromatic carbocycles. The normalized spacial score (nSPS) is 47.9. The van der Waals surface area contributed by atoms with Crippen LogP contribution < -0.4 is 0 Å². The number of cyclic esters (lactones) is 2. The molecule has 0 radical (unpaired) electrons. The van der Waals surface area contributed by atoms with E-state index in [0.29, 0.717) is 13.0 Å². The van der Waals surface area contributed by atoms with Gasteiger partial charge in [0.25, 0.3) is 0 Å². The van der Waals surface area contributed by atoms with Crippen LogP contribution in [0.15, 0.2) is 36.0 Å². The zero-order valence-electron chi connectivity index (χ0n) is 21.3. The third kappa shape index (κ3) is 4.05. The van der Waals surface area contributed by atoms with E-state index in [0.717, 1.165) is 5.57 Å². The first-order chi connectivity index (χ1) is 17.5. The molecule has 0 aromatic rings. The van der Waals surface area contributed by atoms with Gasteiger partial charge in [0.15, 0.2) is 6.10 Å². The summed E-state index contributed by atoms with van der Waals surface area (Å²) in [6, 6.07) is 0. The van der Waals surface area contributed by atoms with Crippen LogP contribution in [0.25, 0.3) is 0 Å². The number of hydrogen-bond donors (Lipinski definition) is 2. The first-order valence-electron chi connectivity index (χ1n) is 12.8. The summed E-state index contributed by atoms with van der Waals surface area (Å²) in [7, 11) is 0. The first-order valence-corrected chi connectivity index (χ1v) is 12.8. The van der Waals surface area contributed by atoms with Crippen molar-refractivity contribution in [1.29, 1.82) is 0 Å². The van der Waals surface area contributed by atoms with Crippen molar-refractivity contribution in [2.45, 2.75) is 76.2 Å². The number of rotatable bonds is 0. The van der Waals surface area contributed by atoms with E-state index in [4.69, 9.17) is 23.7 Å². The second kappa shape index (κ2) is 9.34. The summed E-state index contributed by atoms with van der Waals surface area (Å²) in [5.74, 6) is -2.57. The molecule has 10 nitrogen and oxygen atoms in total. The predicted octanol–water partition coefficient (Wildman–Crippen LogP) is 1.14. The zero-order chi connectivity index (χ0) is 26.6. The predicted molar refractivity (Wildman–Crippen MR) is 127 cm³/mol. The Kier molecular flexibility index (Phi) is 6.59. The Morgan fingerprint density at radius 3 is 2.41 bits per heavy atom. The fourth-order valence-electron chi connectivity index (χ4n) is 6.66. The lowest BCUT2D eigenvalue weighted by molar-refractivity contribution is -0.240. The molecule has 5 rings (SSSR count). The van der Waals surface area contributed by atoms with Crippen molar-refractivity contribution >= 4 is 17.9 Å². The summed E-state index contributed by atoms with van der Waals surface area (Å²) < 4.78 is 29.3. The minimum Gasteiger partial charge on any atom is -0.463 e. The quantitative estimate of drug-likeness (QED) is 0.208. The standard InChI is InChI=1S/C27H34O10/c1-15-8-9-33-21(29)6-4-5-7-22(30)37-18-11-20-27(14-35-27)25(18,3)26(13-34-24(32)23(15)31)12-17(28)16(2)10-19(26)36-20/h4-7,10,15,17-20,23,28,31H,8-9,11-14H2,1-3H3/b6-4-,7-5+/t15-,17+,18-,19+,20-,23-,25+,26+,27-/m1/s1. The number of carbonyl (C=O) groups is 3. The lowest BCUT2D eigenvalue weighted by atomic mass is 9.51. The first kappa shape index (κ1) is 26.1. The summed E-state index contributed by atoms with van der Waals surface area (Å²) in [5, 5.41) is 21.6. The molecule has 1 saturated carbocycles. The van der Waals surface area contributed by atoms with Crippen LogP contribution in [0.4, 0.5) is 0 Å². The van der Waals surface area contributed by atoms with E-state index in [1.165, 1.54) is 24.3 Å². The maximum Gasteiger partial charge on any atom is 0.335 e. The highest BCUT2D eigenvalue weighted by Crippen LogP contribution is 2.72. The summed E-state index contributed by atoms with van der Waals surface area (Å²) in [6.45, 7) is 5.67. The lowest BCUT2D eigenvalue weighted by Gasteiger charge is -2.58. The summed E-state index contributed by atoms with van der Waals surface area (Å²) in [6.07, 6.45) is 4.09. The SMILES string of the molecule is CC1=C[C@@H]2O[C@@H]3C[C@H]4OC(=O)/C=C/C=C\C(=O)OCC[C@@H](C)[C@@H](O)C(=O)OC[C@]2(C[C@@H]1O)[C@@]4(C)[C@@]31CO1. The van der Waals surface area contributed by atoms with Crippen molar-refractivity contribution in [3.05, 3.63) is 36.0 Å². The number of carbonyl (C=O) groups excluding carboxylic acids is 3. The number of esters is 3. The number of ether oxygens (including phenoxy) is 5. The molecular formula is C27H34O10. The molecule has 3 aliphatic heterocycles. The molecule has 9 atom stereocenters. The van der Waals surface area contributed by atoms with Gasteiger partial charge in [0, 0.05) is 24.0 Å². The maximum absolute atomic E-state index is 13.0. The minimum atomic E-state index is -1.44. The molecule has 10 heteroatoms. The molecule has 2 aliphatic carbocycles. The Hall–Kier alpha value is -2.53. The lowest BCUT2D eigenvalue weighted by Crippen LogP contribution is -2.68. The number of epoxide rings is 1. The largest absolute Gasteiger partial charge is 0.463 e. The molecule has 3 fully saturated rings. The number of aliphatic hydroxyl groups is 2. The van der Waals surface area contributed by atoms with Crippen molar-refractivity contribution in [3.8, 4) is 0 Å². The van der Waals surface area contributed by atoms with Crippen LogP contribution in [0, 0.1) is 16.7 Å². The molecule has 5 aliphatic rings. The summed E-state index contributed by atoms with van der Waals surface area (Å²) in [5.41, 5.74) is -1.84. The van der Waals surface area contributed by atoms with Gasteiger partial charge in [-0.1, -0.05) is 32.1 Å². The second-order valence-electron chi connectivity index (χ2n) is 11.1. The summed E-state index contributed by atoms with van der Waals surface area (Å²) >= 11 is 0. The van der Waals surface area contributed by atoms with Crippen LogP contribution in [0.2, 0.25) is 0 Å². The Morgan fingerprint density at radius 2 is 1.70 bits per heavy atom. The zero-order valence-corrected chi connectivity index (χ0v) is 21.3. The van der Waals surface area contributed by atoms with Crippen LogP contribution in [0.3, 0.4) is 0 Å². The van der Waals surface area contributed by atoms with E-state index in [-0.39, 0.29) is 32.2 Å². The highest BCUT2D eigenvalue weighted by Gasteiger charge is 2.83. The monoisotopic (exact) mass is 518 g/mol. The van der Waals surface area contributed by atoms with Gasteiger partial charge in [0.1, 0.15) is 18.3 Å². The van der Waals surface area contributed by atoms with E-state index < -0.39 is 64.7 Å². The van der Waals surface area contributed by atoms with Crippen molar-refractivity contribution in [2.75, 3.05) is 19.8 Å². The topological polar surface area (TPSA) is 141 Å². The van der Waals surface area contributed by atoms with E-state index in [1.807, 2.05) is 19.9 Å². The fraction of sp³-hybridized carbons (Fsp3) is 0.667. The van der Waals surface area contributed by atoms with Crippen molar-refractivity contribution in [2.24, 2.45) is 16.7 Å². The Morgan fingerprint density at radius 1 is 1.00 bits per heavy atom. The molecule has 37 heavy (non-hydrogen) atoms. The third-order valence-electron chi connectivity index (χ3n) is 9.22. The van der Waals surface area contributed by atoms with E-state index >= 15 is 0 Å². The van der Waals surface area contributed by atoms with E-state index in [9.17, 15) is 24.6 Å². The van der Waals surface area contributed by atoms with E-state index in [1.54, 1.807) is 6.92 Å². The second-order valence-corrected chi connectivity index (χ2v) is 11.1. The molecule has 0 aromatic heterocycles. The van der Waals surface area contributed by atoms with Crippen molar-refractivity contribution in [3.63, 3.8) is 0 Å². The molecule has 0 unspecified atom stereocenters. The Bertz CT molecular complexity index is 1060. The molecule has 2 saturated heterocycles. The van der Waals surface area contributed by atoms with Gasteiger partial charge in [-0.3, -0.25) is 0 Å². The third-order valence-corrected chi connectivity index (χ3v) is 9.22. The molecule has 2 bridgehead atoms. The average molecular weight is 519 g/mol. The van der Waals surface area contributed by atoms with Crippen LogP contribution in [-0.2, 0) is 38.1 Å². The van der Waals surface area contributed by atoms with Gasteiger partial charge in [-0.15, -0.1) is 0 Å².